The van der Waals surface area contributed by atoms with Gasteiger partial charge in [0.2, 0.25) is 11.8 Å². The van der Waals surface area contributed by atoms with E-state index in [1.54, 1.807) is 21.3 Å². The number of rotatable bonds is 5. The second-order valence-corrected chi connectivity index (χ2v) is 9.54. The zero-order valence-electron chi connectivity index (χ0n) is 19.9. The lowest BCUT2D eigenvalue weighted by atomic mass is 9.71. The highest BCUT2D eigenvalue weighted by atomic mass is 16.5. The standard InChI is InChI=1S/C25H37N3O4/c1-17(27-12-8-5-9-13-27)24(30)28-16-25(10-6-7-11-25)19-15-21(32-4)20(31-3)14-18(19)22(28)23(29)26-2/h14-15,17,22H,5-13,16H2,1-4H3,(H,26,29). The van der Waals surface area contributed by atoms with E-state index >= 15 is 0 Å². The number of amides is 2. The number of hydrogen-bond donors (Lipinski definition) is 1. The molecule has 0 radical (unpaired) electrons. The first-order chi connectivity index (χ1) is 15.5. The Hall–Kier alpha value is -2.28. The molecule has 1 N–H and O–H groups in total. The van der Waals surface area contributed by atoms with Crippen LogP contribution in [0.15, 0.2) is 12.1 Å². The molecule has 1 saturated carbocycles. The average molecular weight is 444 g/mol. The molecule has 1 aromatic rings. The summed E-state index contributed by atoms with van der Waals surface area (Å²) in [6.45, 7) is 4.46. The number of carbonyl (C=O) groups excluding carboxylic acids is 2. The van der Waals surface area contributed by atoms with Crippen LogP contribution in [0.25, 0.3) is 0 Å². The average Bonchev–Trinajstić information content (AvgIpc) is 3.31. The van der Waals surface area contributed by atoms with Gasteiger partial charge in [-0.25, -0.2) is 0 Å². The topological polar surface area (TPSA) is 71.1 Å². The number of likely N-dealkylation sites (N-methyl/N-ethyl adjacent to an activating group) is 1. The largest absolute Gasteiger partial charge is 0.493 e. The Morgan fingerprint density at radius 1 is 1.03 bits per heavy atom. The summed E-state index contributed by atoms with van der Waals surface area (Å²) in [5.41, 5.74) is 1.86. The quantitative estimate of drug-likeness (QED) is 0.758. The molecule has 2 amide bonds. The lowest BCUT2D eigenvalue weighted by molar-refractivity contribution is -0.147. The van der Waals surface area contributed by atoms with Crippen molar-refractivity contribution >= 4 is 11.8 Å². The van der Waals surface area contributed by atoms with Gasteiger partial charge in [0, 0.05) is 19.0 Å². The van der Waals surface area contributed by atoms with Gasteiger partial charge in [-0.1, -0.05) is 19.3 Å². The van der Waals surface area contributed by atoms with Crippen LogP contribution in [0.1, 0.15) is 69.0 Å². The first kappa shape index (κ1) is 22.9. The highest BCUT2D eigenvalue weighted by molar-refractivity contribution is 5.92. The molecule has 1 spiro atoms. The number of fused-ring (bicyclic) bond motifs is 2. The first-order valence-corrected chi connectivity index (χ1v) is 12.0. The van der Waals surface area contributed by atoms with Crippen LogP contribution in [0.4, 0.5) is 0 Å². The Morgan fingerprint density at radius 3 is 2.25 bits per heavy atom. The van der Waals surface area contributed by atoms with Gasteiger partial charge in [0.05, 0.1) is 20.3 Å². The SMILES string of the molecule is CNC(=O)C1c2cc(OC)c(OC)cc2C2(CCCC2)CN1C(=O)C(C)N1CCCCC1. The molecule has 4 rings (SSSR count). The number of benzene rings is 1. The molecule has 2 heterocycles. The van der Waals surface area contributed by atoms with E-state index in [1.165, 1.54) is 6.42 Å². The fourth-order valence-corrected chi connectivity index (χ4v) is 6.06. The van der Waals surface area contributed by atoms with Crippen molar-refractivity contribution in [3.05, 3.63) is 23.3 Å². The predicted octanol–water partition coefficient (Wildman–Crippen LogP) is 3.02. The fraction of sp³-hybridized carbons (Fsp3) is 0.680. The molecule has 7 heteroatoms. The van der Waals surface area contributed by atoms with Crippen LogP contribution in [0.5, 0.6) is 11.5 Å². The van der Waals surface area contributed by atoms with Crippen LogP contribution in [-0.2, 0) is 15.0 Å². The molecule has 1 aromatic carbocycles. The molecule has 2 unspecified atom stereocenters. The Kier molecular flexibility index (Phi) is 6.65. The van der Waals surface area contributed by atoms with Gasteiger partial charge in [-0.05, 0) is 69.0 Å². The van der Waals surface area contributed by atoms with Crippen LogP contribution in [0.3, 0.4) is 0 Å². The third-order valence-electron chi connectivity index (χ3n) is 7.84. The van der Waals surface area contributed by atoms with E-state index in [1.807, 2.05) is 24.0 Å². The Labute approximate surface area is 191 Å². The van der Waals surface area contributed by atoms with Crippen molar-refractivity contribution in [3.8, 4) is 11.5 Å². The molecular weight excluding hydrogens is 406 g/mol. The van der Waals surface area contributed by atoms with Gasteiger partial charge in [0.25, 0.3) is 0 Å². The maximum Gasteiger partial charge on any atom is 0.247 e. The monoisotopic (exact) mass is 443 g/mol. The number of likely N-dealkylation sites (tertiary alicyclic amines) is 1. The fourth-order valence-electron chi connectivity index (χ4n) is 6.06. The molecule has 0 bridgehead atoms. The molecular formula is C25H37N3O4. The Balaban J connectivity index is 1.81. The molecule has 176 valence electrons. The minimum Gasteiger partial charge on any atom is -0.493 e. The van der Waals surface area contributed by atoms with Crippen molar-refractivity contribution in [2.45, 2.75) is 69.4 Å². The van der Waals surface area contributed by atoms with Crippen LogP contribution in [0, 0.1) is 0 Å². The minimum absolute atomic E-state index is 0.0483. The summed E-state index contributed by atoms with van der Waals surface area (Å²) in [5, 5.41) is 2.81. The van der Waals surface area contributed by atoms with E-state index in [2.05, 4.69) is 10.2 Å². The zero-order valence-corrected chi connectivity index (χ0v) is 19.9. The summed E-state index contributed by atoms with van der Waals surface area (Å²) < 4.78 is 11.2. The number of methoxy groups -OCH3 is 2. The van der Waals surface area contributed by atoms with Crippen LogP contribution in [-0.4, -0.2) is 68.6 Å². The van der Waals surface area contributed by atoms with Crippen molar-refractivity contribution < 1.29 is 19.1 Å². The molecule has 2 aliphatic heterocycles. The number of piperidine rings is 1. The molecule has 0 aromatic heterocycles. The van der Waals surface area contributed by atoms with E-state index in [9.17, 15) is 9.59 Å². The van der Waals surface area contributed by atoms with Crippen LogP contribution in [0.2, 0.25) is 0 Å². The first-order valence-electron chi connectivity index (χ1n) is 12.0. The number of nitrogens with one attached hydrogen (secondary N) is 1. The summed E-state index contributed by atoms with van der Waals surface area (Å²) in [6, 6.07) is 3.06. The molecule has 1 aliphatic carbocycles. The lowest BCUT2D eigenvalue weighted by Gasteiger charge is -2.48. The normalized spacial score (nSPS) is 23.5. The van der Waals surface area contributed by atoms with E-state index < -0.39 is 6.04 Å². The third-order valence-corrected chi connectivity index (χ3v) is 7.84. The highest BCUT2D eigenvalue weighted by Gasteiger charge is 2.50. The summed E-state index contributed by atoms with van der Waals surface area (Å²) in [7, 11) is 4.88. The Morgan fingerprint density at radius 2 is 1.66 bits per heavy atom. The lowest BCUT2D eigenvalue weighted by Crippen LogP contribution is -2.57. The second-order valence-electron chi connectivity index (χ2n) is 9.54. The second kappa shape index (κ2) is 9.30. The van der Waals surface area contributed by atoms with Gasteiger partial charge in [-0.15, -0.1) is 0 Å². The third kappa shape index (κ3) is 3.85. The van der Waals surface area contributed by atoms with Gasteiger partial charge in [0.1, 0.15) is 6.04 Å². The van der Waals surface area contributed by atoms with Crippen molar-refractivity contribution in [1.82, 2.24) is 15.1 Å². The van der Waals surface area contributed by atoms with Crippen molar-refractivity contribution in [2.75, 3.05) is 40.9 Å². The summed E-state index contributed by atoms with van der Waals surface area (Å²) in [6.07, 6.45) is 7.75. The van der Waals surface area contributed by atoms with Gasteiger partial charge >= 0.3 is 0 Å². The van der Waals surface area contributed by atoms with E-state index in [0.29, 0.717) is 18.0 Å². The molecule has 2 fully saturated rings. The molecule has 7 nitrogen and oxygen atoms in total. The summed E-state index contributed by atoms with van der Waals surface area (Å²) in [5.74, 6) is 1.15. The van der Waals surface area contributed by atoms with Crippen LogP contribution >= 0.6 is 0 Å². The van der Waals surface area contributed by atoms with Crippen molar-refractivity contribution in [2.24, 2.45) is 0 Å². The summed E-state index contributed by atoms with van der Waals surface area (Å²) >= 11 is 0. The maximum absolute atomic E-state index is 13.9. The van der Waals surface area contributed by atoms with E-state index in [4.69, 9.17) is 9.47 Å². The van der Waals surface area contributed by atoms with Gasteiger partial charge < -0.3 is 19.7 Å². The molecule has 2 atom stereocenters. The molecule has 3 aliphatic rings. The highest BCUT2D eigenvalue weighted by Crippen LogP contribution is 2.51. The minimum atomic E-state index is -0.666. The van der Waals surface area contributed by atoms with Crippen molar-refractivity contribution in [3.63, 3.8) is 0 Å². The van der Waals surface area contributed by atoms with Gasteiger partial charge in [-0.2, -0.15) is 0 Å². The molecule has 32 heavy (non-hydrogen) atoms. The van der Waals surface area contributed by atoms with E-state index in [0.717, 1.165) is 62.7 Å². The molecule has 1 saturated heterocycles. The maximum atomic E-state index is 13.9. The number of nitrogens with zero attached hydrogens (tertiary/aromatic N) is 2. The number of carbonyl (C=O) groups is 2. The number of ether oxygens (including phenoxy) is 2. The Bertz CT molecular complexity index is 859. The number of hydrogen-bond acceptors (Lipinski definition) is 5. The van der Waals surface area contributed by atoms with Crippen LogP contribution < -0.4 is 14.8 Å². The zero-order chi connectivity index (χ0) is 22.9. The van der Waals surface area contributed by atoms with Gasteiger partial charge in [-0.3, -0.25) is 14.5 Å². The van der Waals surface area contributed by atoms with Gasteiger partial charge in [0.15, 0.2) is 11.5 Å². The smallest absolute Gasteiger partial charge is 0.247 e. The van der Waals surface area contributed by atoms with E-state index in [-0.39, 0.29) is 23.3 Å². The predicted molar refractivity (Wildman–Crippen MR) is 123 cm³/mol. The summed E-state index contributed by atoms with van der Waals surface area (Å²) in [4.78, 5) is 31.2. The van der Waals surface area contributed by atoms with Crippen molar-refractivity contribution in [1.29, 1.82) is 0 Å².